The van der Waals surface area contributed by atoms with Gasteiger partial charge < -0.3 is 10.5 Å². The molecule has 2 aromatic carbocycles. The van der Waals surface area contributed by atoms with Crippen LogP contribution in [0.1, 0.15) is 29.4 Å². The van der Waals surface area contributed by atoms with Gasteiger partial charge in [-0.1, -0.05) is 43.0 Å². The molecule has 146 valence electrons. The van der Waals surface area contributed by atoms with E-state index < -0.39 is 5.91 Å². The number of aromatic nitrogens is 3. The molecule has 0 atom stereocenters. The lowest BCUT2D eigenvalue weighted by Gasteiger charge is -2.14. The highest BCUT2D eigenvalue weighted by Gasteiger charge is 2.18. The second kappa shape index (κ2) is 8.93. The number of carbonyl (C=O) groups excluding carboxylic acids is 1. The van der Waals surface area contributed by atoms with E-state index in [4.69, 9.17) is 10.5 Å². The van der Waals surface area contributed by atoms with E-state index in [1.165, 1.54) is 22.9 Å². The van der Waals surface area contributed by atoms with E-state index in [-0.39, 0.29) is 12.4 Å². The molecule has 0 bridgehead atoms. The Balaban J connectivity index is 1.91. The van der Waals surface area contributed by atoms with Gasteiger partial charge >= 0.3 is 0 Å². The minimum Gasteiger partial charge on any atom is -0.486 e. The summed E-state index contributed by atoms with van der Waals surface area (Å²) in [5.41, 5.74) is 9.82. The smallest absolute Gasteiger partial charge is 0.227 e. The number of amides is 1. The zero-order valence-corrected chi connectivity index (χ0v) is 17.1. The van der Waals surface area contributed by atoms with Crippen molar-refractivity contribution >= 4 is 17.7 Å². The molecule has 0 aliphatic heterocycles. The molecule has 0 unspecified atom stereocenters. The van der Waals surface area contributed by atoms with E-state index in [9.17, 15) is 4.79 Å². The maximum Gasteiger partial charge on any atom is 0.227 e. The first kappa shape index (κ1) is 19.9. The molecule has 6 nitrogen and oxygen atoms in total. The van der Waals surface area contributed by atoms with Crippen molar-refractivity contribution in [3.05, 3.63) is 65.0 Å². The number of primary amides is 1. The summed E-state index contributed by atoms with van der Waals surface area (Å²) in [4.78, 5) is 11.2. The Morgan fingerprint density at radius 3 is 2.57 bits per heavy atom. The first-order valence-corrected chi connectivity index (χ1v) is 10.1. The molecule has 28 heavy (non-hydrogen) atoms. The SMILES string of the molecule is CCc1ccc(OCc2nnc(SCC(N)=O)n2-c2cccc(C)c2C)cc1. The Labute approximate surface area is 169 Å². The minimum atomic E-state index is -0.394. The average Bonchev–Trinajstić information content (AvgIpc) is 3.10. The van der Waals surface area contributed by atoms with Gasteiger partial charge in [0.05, 0.1) is 11.4 Å². The number of thioether (sulfide) groups is 1. The van der Waals surface area contributed by atoms with Gasteiger partial charge in [0, 0.05) is 0 Å². The van der Waals surface area contributed by atoms with Crippen LogP contribution < -0.4 is 10.5 Å². The van der Waals surface area contributed by atoms with Gasteiger partial charge in [-0.2, -0.15) is 0 Å². The van der Waals surface area contributed by atoms with Gasteiger partial charge in [-0.3, -0.25) is 9.36 Å². The van der Waals surface area contributed by atoms with Crippen LogP contribution in [0, 0.1) is 13.8 Å². The van der Waals surface area contributed by atoms with Gasteiger partial charge in [0.15, 0.2) is 11.0 Å². The van der Waals surface area contributed by atoms with Crippen molar-refractivity contribution in [3.8, 4) is 11.4 Å². The number of ether oxygens (including phenoxy) is 1. The fourth-order valence-corrected chi connectivity index (χ4v) is 3.51. The monoisotopic (exact) mass is 396 g/mol. The number of nitrogens with two attached hydrogens (primary N) is 1. The maximum atomic E-state index is 11.2. The number of rotatable bonds is 8. The van der Waals surface area contributed by atoms with Gasteiger partial charge in [0.25, 0.3) is 0 Å². The first-order valence-electron chi connectivity index (χ1n) is 9.13. The zero-order chi connectivity index (χ0) is 20.1. The lowest BCUT2D eigenvalue weighted by molar-refractivity contribution is -0.115. The molecule has 0 saturated heterocycles. The highest BCUT2D eigenvalue weighted by atomic mass is 32.2. The Hall–Kier alpha value is -2.80. The molecule has 7 heteroatoms. The molecule has 0 spiro atoms. The van der Waals surface area contributed by atoms with Crippen molar-refractivity contribution in [1.29, 1.82) is 0 Å². The van der Waals surface area contributed by atoms with Crippen molar-refractivity contribution in [2.75, 3.05) is 5.75 Å². The van der Waals surface area contributed by atoms with Crippen molar-refractivity contribution in [2.45, 2.75) is 39.0 Å². The molecule has 0 aliphatic carbocycles. The average molecular weight is 397 g/mol. The summed E-state index contributed by atoms with van der Waals surface area (Å²) < 4.78 is 7.88. The summed E-state index contributed by atoms with van der Waals surface area (Å²) in [5, 5.41) is 9.19. The van der Waals surface area contributed by atoms with Gasteiger partial charge in [-0.15, -0.1) is 10.2 Å². The third kappa shape index (κ3) is 4.54. The van der Waals surface area contributed by atoms with Crippen LogP contribution in [0.25, 0.3) is 5.69 Å². The summed E-state index contributed by atoms with van der Waals surface area (Å²) in [6.45, 7) is 6.50. The summed E-state index contributed by atoms with van der Waals surface area (Å²) in [5.74, 6) is 1.19. The third-order valence-corrected chi connectivity index (χ3v) is 5.51. The second-order valence-electron chi connectivity index (χ2n) is 6.49. The molecular weight excluding hydrogens is 372 g/mol. The van der Waals surface area contributed by atoms with E-state index in [1.807, 2.05) is 28.8 Å². The Kier molecular flexibility index (Phi) is 6.36. The number of hydrogen-bond acceptors (Lipinski definition) is 5. The third-order valence-electron chi connectivity index (χ3n) is 4.56. The van der Waals surface area contributed by atoms with Gasteiger partial charge in [0.2, 0.25) is 5.91 Å². The number of aryl methyl sites for hydroxylation is 2. The fourth-order valence-electron chi connectivity index (χ4n) is 2.81. The summed E-state index contributed by atoms with van der Waals surface area (Å²) in [6, 6.07) is 14.1. The lowest BCUT2D eigenvalue weighted by atomic mass is 10.1. The number of benzene rings is 2. The van der Waals surface area contributed by atoms with Crippen LogP contribution in [0.4, 0.5) is 0 Å². The zero-order valence-electron chi connectivity index (χ0n) is 16.3. The van der Waals surface area contributed by atoms with Gasteiger partial charge in [0.1, 0.15) is 12.4 Å². The summed E-state index contributed by atoms with van der Waals surface area (Å²) in [6.07, 6.45) is 0.988. The molecule has 3 aromatic rings. The van der Waals surface area contributed by atoms with E-state index >= 15 is 0 Å². The van der Waals surface area contributed by atoms with Crippen LogP contribution in [0.2, 0.25) is 0 Å². The molecule has 3 rings (SSSR count). The predicted octanol–water partition coefficient (Wildman–Crippen LogP) is 3.60. The van der Waals surface area contributed by atoms with Crippen molar-refractivity contribution in [1.82, 2.24) is 14.8 Å². The van der Waals surface area contributed by atoms with Crippen LogP contribution in [0.15, 0.2) is 47.6 Å². The molecule has 1 heterocycles. The van der Waals surface area contributed by atoms with Crippen LogP contribution >= 0.6 is 11.8 Å². The molecule has 0 aliphatic rings. The molecular formula is C21H24N4O2S. The van der Waals surface area contributed by atoms with Gasteiger partial charge in [-0.25, -0.2) is 0 Å². The second-order valence-corrected chi connectivity index (χ2v) is 7.44. The lowest BCUT2D eigenvalue weighted by Crippen LogP contribution is -2.14. The molecule has 0 saturated carbocycles. The van der Waals surface area contributed by atoms with Crippen molar-refractivity contribution in [3.63, 3.8) is 0 Å². The van der Waals surface area contributed by atoms with Crippen molar-refractivity contribution < 1.29 is 9.53 Å². The molecule has 2 N–H and O–H groups in total. The molecule has 0 radical (unpaired) electrons. The van der Waals surface area contributed by atoms with E-state index in [0.717, 1.165) is 23.4 Å². The van der Waals surface area contributed by atoms with E-state index in [0.29, 0.717) is 11.0 Å². The number of hydrogen-bond donors (Lipinski definition) is 1. The van der Waals surface area contributed by atoms with Crippen molar-refractivity contribution in [2.24, 2.45) is 5.73 Å². The topological polar surface area (TPSA) is 83.0 Å². The van der Waals surface area contributed by atoms with E-state index in [1.54, 1.807) is 0 Å². The largest absolute Gasteiger partial charge is 0.486 e. The van der Waals surface area contributed by atoms with Gasteiger partial charge in [-0.05, 0) is 55.2 Å². The molecule has 0 fully saturated rings. The number of carbonyl (C=O) groups is 1. The van der Waals surface area contributed by atoms with E-state index in [2.05, 4.69) is 49.2 Å². The minimum absolute atomic E-state index is 0.141. The predicted molar refractivity (Wildman–Crippen MR) is 111 cm³/mol. The fraction of sp³-hybridized carbons (Fsp3) is 0.286. The Bertz CT molecular complexity index is 967. The van der Waals surface area contributed by atoms with Crippen LogP contribution in [-0.2, 0) is 17.8 Å². The highest BCUT2D eigenvalue weighted by Crippen LogP contribution is 2.26. The number of nitrogens with zero attached hydrogens (tertiary/aromatic N) is 3. The first-order chi connectivity index (χ1) is 13.5. The maximum absolute atomic E-state index is 11.2. The molecule has 1 aromatic heterocycles. The Morgan fingerprint density at radius 2 is 1.89 bits per heavy atom. The highest BCUT2D eigenvalue weighted by molar-refractivity contribution is 7.99. The standard InChI is InChI=1S/C21H24N4O2S/c1-4-16-8-10-17(11-9-16)27-12-20-23-24-21(28-13-19(22)26)25(20)18-7-5-6-14(2)15(18)3/h5-11H,4,12-13H2,1-3H3,(H2,22,26). The summed E-state index contributed by atoms with van der Waals surface area (Å²) in [7, 11) is 0. The van der Waals surface area contributed by atoms with Crippen LogP contribution in [0.3, 0.4) is 0 Å². The molecule has 1 amide bonds. The van der Waals surface area contributed by atoms with Crippen LogP contribution in [0.5, 0.6) is 5.75 Å². The Morgan fingerprint density at radius 1 is 1.14 bits per heavy atom. The van der Waals surface area contributed by atoms with Crippen LogP contribution in [-0.4, -0.2) is 26.4 Å². The summed E-state index contributed by atoms with van der Waals surface area (Å²) >= 11 is 1.27. The normalized spacial score (nSPS) is 10.8. The quantitative estimate of drug-likeness (QED) is 0.588.